The second kappa shape index (κ2) is 4.93. The largest absolute Gasteiger partial charge is 0.394 e. The van der Waals surface area contributed by atoms with E-state index in [2.05, 4.69) is 0 Å². The molecule has 1 amide bonds. The minimum absolute atomic E-state index is 0.0127. The van der Waals surface area contributed by atoms with Crippen molar-refractivity contribution in [2.24, 2.45) is 5.92 Å². The van der Waals surface area contributed by atoms with Gasteiger partial charge in [0.15, 0.2) is 0 Å². The molecule has 0 aromatic heterocycles. The van der Waals surface area contributed by atoms with Crippen LogP contribution < -0.4 is 0 Å². The van der Waals surface area contributed by atoms with Crippen LogP contribution in [0.4, 0.5) is 4.39 Å². The molecule has 3 rings (SSSR count). The molecule has 1 aromatic carbocycles. The minimum Gasteiger partial charge on any atom is -0.394 e. The molecule has 2 aliphatic rings. The van der Waals surface area contributed by atoms with Gasteiger partial charge in [0.05, 0.1) is 12.6 Å². The highest BCUT2D eigenvalue weighted by atomic mass is 19.1. The van der Waals surface area contributed by atoms with Gasteiger partial charge in [0, 0.05) is 12.5 Å². The number of hydrogen-bond donors (Lipinski definition) is 1. The van der Waals surface area contributed by atoms with Crippen LogP contribution in [0.3, 0.4) is 0 Å². The maximum atomic E-state index is 13.2. The molecule has 0 spiro atoms. The molecule has 1 N–H and O–H groups in total. The fraction of sp³-hybridized carbons (Fsp3) is 0.533. The summed E-state index contributed by atoms with van der Waals surface area (Å²) in [6.07, 6.45) is 2.66. The molecule has 1 aromatic rings. The number of halogens is 1. The van der Waals surface area contributed by atoms with E-state index in [0.717, 1.165) is 31.4 Å². The highest BCUT2D eigenvalue weighted by molar-refractivity contribution is 5.83. The summed E-state index contributed by atoms with van der Waals surface area (Å²) in [5.74, 6) is 0.0212. The molecule has 102 valence electrons. The van der Waals surface area contributed by atoms with Gasteiger partial charge in [-0.2, -0.15) is 0 Å². The number of carbonyl (C=O) groups is 1. The number of carbonyl (C=O) groups excluding carboxylic acids is 1. The van der Waals surface area contributed by atoms with Crippen molar-refractivity contribution in [1.29, 1.82) is 0 Å². The fourth-order valence-corrected chi connectivity index (χ4v) is 3.10. The molecule has 1 heterocycles. The van der Waals surface area contributed by atoms with Crippen LogP contribution in [0.25, 0.3) is 0 Å². The Hall–Kier alpha value is -1.42. The molecule has 1 aliphatic heterocycles. The van der Waals surface area contributed by atoms with Crippen LogP contribution in [0.5, 0.6) is 0 Å². The topological polar surface area (TPSA) is 40.5 Å². The van der Waals surface area contributed by atoms with Crippen LogP contribution in [0.1, 0.15) is 30.7 Å². The second-order valence-corrected chi connectivity index (χ2v) is 5.51. The Balaban J connectivity index is 1.68. The Bertz CT molecular complexity index is 491. The molecule has 1 saturated carbocycles. The summed E-state index contributed by atoms with van der Waals surface area (Å²) in [5.41, 5.74) is 0.915. The third kappa shape index (κ3) is 2.37. The van der Waals surface area contributed by atoms with Crippen LogP contribution in [0.15, 0.2) is 24.3 Å². The molecule has 0 bridgehead atoms. The summed E-state index contributed by atoms with van der Waals surface area (Å²) in [5, 5.41) is 9.26. The van der Waals surface area contributed by atoms with Gasteiger partial charge in [-0.1, -0.05) is 12.1 Å². The number of aliphatic hydroxyl groups is 1. The number of benzene rings is 1. The summed E-state index contributed by atoms with van der Waals surface area (Å²) >= 11 is 0. The van der Waals surface area contributed by atoms with Crippen LogP contribution in [0.2, 0.25) is 0 Å². The van der Waals surface area contributed by atoms with Crippen molar-refractivity contribution in [2.75, 3.05) is 13.2 Å². The Labute approximate surface area is 112 Å². The van der Waals surface area contributed by atoms with Crippen LogP contribution in [0, 0.1) is 11.7 Å². The van der Waals surface area contributed by atoms with Crippen LogP contribution in [-0.2, 0) is 4.79 Å². The van der Waals surface area contributed by atoms with Gasteiger partial charge in [-0.3, -0.25) is 4.79 Å². The predicted molar refractivity (Wildman–Crippen MR) is 69.1 cm³/mol. The van der Waals surface area contributed by atoms with E-state index in [-0.39, 0.29) is 36.2 Å². The molecule has 1 saturated heterocycles. The van der Waals surface area contributed by atoms with Gasteiger partial charge >= 0.3 is 0 Å². The molecule has 1 aliphatic carbocycles. The quantitative estimate of drug-likeness (QED) is 0.905. The monoisotopic (exact) mass is 263 g/mol. The number of aliphatic hydroxyl groups excluding tert-OH is 1. The summed E-state index contributed by atoms with van der Waals surface area (Å²) in [7, 11) is 0. The number of likely N-dealkylation sites (tertiary alicyclic amines) is 1. The summed E-state index contributed by atoms with van der Waals surface area (Å²) in [6, 6.07) is 6.50. The van der Waals surface area contributed by atoms with Gasteiger partial charge < -0.3 is 10.0 Å². The van der Waals surface area contributed by atoms with E-state index in [1.54, 1.807) is 6.07 Å². The van der Waals surface area contributed by atoms with Crippen molar-refractivity contribution in [2.45, 2.75) is 31.2 Å². The van der Waals surface area contributed by atoms with Gasteiger partial charge in [0.1, 0.15) is 5.82 Å². The zero-order chi connectivity index (χ0) is 13.4. The Kier molecular flexibility index (Phi) is 3.27. The Morgan fingerprint density at radius 2 is 2.32 bits per heavy atom. The van der Waals surface area contributed by atoms with Crippen molar-refractivity contribution in [1.82, 2.24) is 4.90 Å². The van der Waals surface area contributed by atoms with E-state index in [0.29, 0.717) is 0 Å². The van der Waals surface area contributed by atoms with Crippen molar-refractivity contribution >= 4 is 5.91 Å². The van der Waals surface area contributed by atoms with E-state index < -0.39 is 0 Å². The summed E-state index contributed by atoms with van der Waals surface area (Å²) < 4.78 is 13.2. The molecule has 3 nitrogen and oxygen atoms in total. The molecule has 3 atom stereocenters. The zero-order valence-electron chi connectivity index (χ0n) is 10.8. The predicted octanol–water partition coefficient (Wildman–Crippen LogP) is 1.91. The highest BCUT2D eigenvalue weighted by Crippen LogP contribution is 2.49. The van der Waals surface area contributed by atoms with Crippen LogP contribution >= 0.6 is 0 Å². The Morgan fingerprint density at radius 1 is 1.47 bits per heavy atom. The maximum Gasteiger partial charge on any atom is 0.226 e. The van der Waals surface area contributed by atoms with E-state index in [1.165, 1.54) is 12.1 Å². The lowest BCUT2D eigenvalue weighted by molar-refractivity contribution is -0.134. The molecule has 0 unspecified atom stereocenters. The SMILES string of the molecule is O=C([C@@H]1C[C@H]1c1cccc(F)c1)N1CCC[C@@H]1CO. The van der Waals surface area contributed by atoms with Gasteiger partial charge in [0.2, 0.25) is 5.91 Å². The van der Waals surface area contributed by atoms with Gasteiger partial charge in [-0.25, -0.2) is 4.39 Å². The first kappa shape index (κ1) is 12.6. The lowest BCUT2D eigenvalue weighted by Gasteiger charge is -2.23. The van der Waals surface area contributed by atoms with Crippen LogP contribution in [-0.4, -0.2) is 35.1 Å². The lowest BCUT2D eigenvalue weighted by atomic mass is 10.1. The van der Waals surface area contributed by atoms with Crippen molar-refractivity contribution in [3.8, 4) is 0 Å². The number of amides is 1. The van der Waals surface area contributed by atoms with Crippen molar-refractivity contribution in [3.05, 3.63) is 35.6 Å². The maximum absolute atomic E-state index is 13.2. The fourth-order valence-electron chi connectivity index (χ4n) is 3.10. The van der Waals surface area contributed by atoms with E-state index >= 15 is 0 Å². The van der Waals surface area contributed by atoms with E-state index in [9.17, 15) is 14.3 Å². The van der Waals surface area contributed by atoms with Gasteiger partial charge in [-0.05, 0) is 42.9 Å². The van der Waals surface area contributed by atoms with Crippen molar-refractivity contribution in [3.63, 3.8) is 0 Å². The first-order valence-corrected chi connectivity index (χ1v) is 6.87. The first-order chi connectivity index (χ1) is 9.20. The van der Waals surface area contributed by atoms with E-state index in [1.807, 2.05) is 11.0 Å². The molecule has 4 heteroatoms. The zero-order valence-corrected chi connectivity index (χ0v) is 10.8. The second-order valence-electron chi connectivity index (χ2n) is 5.51. The minimum atomic E-state index is -0.245. The third-order valence-corrected chi connectivity index (χ3v) is 4.26. The smallest absolute Gasteiger partial charge is 0.226 e. The average molecular weight is 263 g/mol. The molecular formula is C15H18FNO2. The summed E-state index contributed by atoms with van der Waals surface area (Å²) in [4.78, 5) is 14.2. The van der Waals surface area contributed by atoms with Crippen molar-refractivity contribution < 1.29 is 14.3 Å². The average Bonchev–Trinajstić information content (AvgIpc) is 3.07. The normalized spacial score (nSPS) is 29.6. The molecule has 0 radical (unpaired) electrons. The standard InChI is InChI=1S/C15H18FNO2/c16-11-4-1-3-10(7-11)13-8-14(13)15(19)17-6-2-5-12(17)9-18/h1,3-4,7,12-14,18H,2,5-6,8-9H2/t12-,13+,14-/m1/s1. The number of hydrogen-bond acceptors (Lipinski definition) is 2. The first-order valence-electron chi connectivity index (χ1n) is 6.87. The molecular weight excluding hydrogens is 245 g/mol. The number of nitrogens with zero attached hydrogens (tertiary/aromatic N) is 1. The number of rotatable bonds is 3. The Morgan fingerprint density at radius 3 is 3.05 bits per heavy atom. The lowest BCUT2D eigenvalue weighted by Crippen LogP contribution is -2.38. The van der Waals surface area contributed by atoms with Gasteiger partial charge in [0.25, 0.3) is 0 Å². The highest BCUT2D eigenvalue weighted by Gasteiger charge is 2.47. The molecule has 2 fully saturated rings. The third-order valence-electron chi connectivity index (χ3n) is 4.26. The molecule has 19 heavy (non-hydrogen) atoms. The van der Waals surface area contributed by atoms with E-state index in [4.69, 9.17) is 0 Å². The summed E-state index contributed by atoms with van der Waals surface area (Å²) in [6.45, 7) is 0.791. The van der Waals surface area contributed by atoms with Gasteiger partial charge in [-0.15, -0.1) is 0 Å².